The molecule has 2 unspecified atom stereocenters. The van der Waals surface area contributed by atoms with Gasteiger partial charge in [-0.1, -0.05) is 39.8 Å². The fraction of sp³-hybridized carbons (Fsp3) is 0.750. The molecule has 1 heterocycles. The van der Waals surface area contributed by atoms with Crippen molar-refractivity contribution >= 4 is 5.91 Å². The van der Waals surface area contributed by atoms with E-state index in [-0.39, 0.29) is 29.4 Å². The van der Waals surface area contributed by atoms with E-state index in [9.17, 15) is 4.79 Å². The first-order valence-corrected chi connectivity index (χ1v) is 7.51. The topological polar surface area (TPSA) is 75.4 Å². The number of aliphatic hydroxyl groups is 1. The van der Waals surface area contributed by atoms with Crippen molar-refractivity contribution in [3.63, 3.8) is 0 Å². The van der Waals surface area contributed by atoms with Crippen LogP contribution < -0.4 is 5.32 Å². The highest BCUT2D eigenvalue weighted by atomic mass is 16.5. The number of amides is 1. The molecule has 21 heavy (non-hydrogen) atoms. The Hall–Kier alpha value is -1.36. The zero-order valence-corrected chi connectivity index (χ0v) is 13.6. The lowest BCUT2D eigenvalue weighted by atomic mass is 9.57. The molecule has 2 N–H and O–H groups in total. The fourth-order valence-corrected chi connectivity index (χ4v) is 2.76. The first kappa shape index (κ1) is 16.0. The summed E-state index contributed by atoms with van der Waals surface area (Å²) in [5.41, 5.74) is 0.556. The Morgan fingerprint density at radius 1 is 1.52 bits per heavy atom. The number of aromatic nitrogens is 1. The van der Waals surface area contributed by atoms with Crippen LogP contribution in [0.4, 0.5) is 0 Å². The van der Waals surface area contributed by atoms with Gasteiger partial charge >= 0.3 is 0 Å². The summed E-state index contributed by atoms with van der Waals surface area (Å²) in [6, 6.07) is 2.01. The summed E-state index contributed by atoms with van der Waals surface area (Å²) in [4.78, 5) is 12.1. The number of rotatable bonds is 4. The first-order valence-electron chi connectivity index (χ1n) is 7.51. The van der Waals surface area contributed by atoms with Crippen LogP contribution in [-0.4, -0.2) is 22.2 Å². The van der Waals surface area contributed by atoms with Gasteiger partial charge in [-0.2, -0.15) is 0 Å². The smallest absolute Gasteiger partial charge is 0.225 e. The maximum Gasteiger partial charge on any atom is 0.225 e. The molecule has 1 amide bonds. The average Bonchev–Trinajstić information content (AvgIpc) is 2.84. The molecule has 5 heteroatoms. The van der Waals surface area contributed by atoms with Crippen LogP contribution in [0, 0.1) is 16.7 Å². The van der Waals surface area contributed by atoms with Crippen molar-refractivity contribution in [2.75, 3.05) is 0 Å². The highest BCUT2D eigenvalue weighted by Gasteiger charge is 2.49. The van der Waals surface area contributed by atoms with Crippen LogP contribution in [0.25, 0.3) is 0 Å². The molecule has 0 spiro atoms. The van der Waals surface area contributed by atoms with Gasteiger partial charge in [0, 0.05) is 17.5 Å². The van der Waals surface area contributed by atoms with E-state index in [0.29, 0.717) is 11.7 Å². The Morgan fingerprint density at radius 3 is 2.67 bits per heavy atom. The van der Waals surface area contributed by atoms with Gasteiger partial charge in [-0.25, -0.2) is 0 Å². The number of aliphatic hydroxyl groups excluding tert-OH is 1. The van der Waals surface area contributed by atoms with Gasteiger partial charge in [0.2, 0.25) is 5.91 Å². The summed E-state index contributed by atoms with van der Waals surface area (Å²) in [5.74, 6) is 1.06. The van der Waals surface area contributed by atoms with Crippen LogP contribution in [0.5, 0.6) is 0 Å². The number of nitrogens with one attached hydrogen (secondary N) is 1. The standard InChI is InChI=1S/C16H26N2O3/c1-15(2,3)14(20)17-13-7-10(16(13,4)5)6-11-8-12(9-19)21-18-11/h8,10,13,19H,6-7,9H2,1-5H3,(H,17,20). The van der Waals surface area contributed by atoms with E-state index in [2.05, 4.69) is 24.3 Å². The van der Waals surface area contributed by atoms with E-state index in [1.165, 1.54) is 0 Å². The summed E-state index contributed by atoms with van der Waals surface area (Å²) < 4.78 is 5.02. The third-order valence-corrected chi connectivity index (χ3v) is 4.68. The molecular weight excluding hydrogens is 268 g/mol. The van der Waals surface area contributed by atoms with Crippen molar-refractivity contribution in [2.24, 2.45) is 16.7 Å². The predicted octanol–water partition coefficient (Wildman–Crippen LogP) is 2.29. The van der Waals surface area contributed by atoms with Gasteiger partial charge in [-0.15, -0.1) is 0 Å². The molecule has 1 fully saturated rings. The normalized spacial score (nSPS) is 24.5. The third kappa shape index (κ3) is 3.28. The SMILES string of the molecule is CC(C)(C)C(=O)NC1CC(Cc2cc(CO)on2)C1(C)C. The van der Waals surface area contributed by atoms with Gasteiger partial charge in [-0.05, 0) is 24.2 Å². The highest BCUT2D eigenvalue weighted by molar-refractivity contribution is 5.81. The number of carbonyl (C=O) groups is 1. The molecule has 1 aromatic heterocycles. The maximum atomic E-state index is 12.1. The van der Waals surface area contributed by atoms with Crippen LogP contribution in [0.3, 0.4) is 0 Å². The fourth-order valence-electron chi connectivity index (χ4n) is 2.76. The van der Waals surface area contributed by atoms with Gasteiger partial charge in [0.25, 0.3) is 0 Å². The van der Waals surface area contributed by atoms with Crippen LogP contribution in [0.1, 0.15) is 52.5 Å². The number of hydrogen-bond donors (Lipinski definition) is 2. The molecule has 118 valence electrons. The molecular formula is C16H26N2O3. The second-order valence-corrected chi connectivity index (χ2v) is 7.68. The van der Waals surface area contributed by atoms with E-state index in [1.807, 2.05) is 20.8 Å². The molecule has 1 aliphatic carbocycles. The lowest BCUT2D eigenvalue weighted by Crippen LogP contribution is -2.60. The zero-order chi connectivity index (χ0) is 15.8. The highest BCUT2D eigenvalue weighted by Crippen LogP contribution is 2.48. The Labute approximate surface area is 126 Å². The lowest BCUT2D eigenvalue weighted by molar-refractivity contribution is -0.133. The Balaban J connectivity index is 1.93. The van der Waals surface area contributed by atoms with Crippen molar-refractivity contribution in [1.82, 2.24) is 10.5 Å². The minimum Gasteiger partial charge on any atom is -0.388 e. The predicted molar refractivity (Wildman–Crippen MR) is 79.4 cm³/mol. The lowest BCUT2D eigenvalue weighted by Gasteiger charge is -2.52. The van der Waals surface area contributed by atoms with Crippen LogP contribution in [0.15, 0.2) is 10.6 Å². The number of carbonyl (C=O) groups excluding carboxylic acids is 1. The molecule has 2 atom stereocenters. The van der Waals surface area contributed by atoms with Crippen LogP contribution in [0.2, 0.25) is 0 Å². The molecule has 0 aliphatic heterocycles. The number of nitrogens with zero attached hydrogens (tertiary/aromatic N) is 1. The largest absolute Gasteiger partial charge is 0.388 e. The third-order valence-electron chi connectivity index (χ3n) is 4.68. The number of hydrogen-bond acceptors (Lipinski definition) is 4. The van der Waals surface area contributed by atoms with Gasteiger partial charge < -0.3 is 14.9 Å². The van der Waals surface area contributed by atoms with Crippen molar-refractivity contribution in [3.8, 4) is 0 Å². The van der Waals surface area contributed by atoms with E-state index in [1.54, 1.807) is 6.07 Å². The average molecular weight is 294 g/mol. The van der Waals surface area contributed by atoms with Crippen molar-refractivity contribution in [2.45, 2.75) is 60.1 Å². The van der Waals surface area contributed by atoms with Crippen LogP contribution >= 0.6 is 0 Å². The quantitative estimate of drug-likeness (QED) is 0.893. The van der Waals surface area contributed by atoms with E-state index in [0.717, 1.165) is 18.5 Å². The van der Waals surface area contributed by atoms with E-state index < -0.39 is 0 Å². The second kappa shape index (κ2) is 5.44. The molecule has 2 rings (SSSR count). The zero-order valence-electron chi connectivity index (χ0n) is 13.6. The summed E-state index contributed by atoms with van der Waals surface area (Å²) in [6.45, 7) is 10.0. The van der Waals surface area contributed by atoms with Crippen molar-refractivity contribution < 1.29 is 14.4 Å². The monoisotopic (exact) mass is 294 g/mol. The second-order valence-electron chi connectivity index (χ2n) is 7.68. The maximum absolute atomic E-state index is 12.1. The Bertz CT molecular complexity index is 514. The molecule has 0 aromatic carbocycles. The summed E-state index contributed by atoms with van der Waals surface area (Å²) in [6.07, 6.45) is 1.77. The van der Waals surface area contributed by atoms with Gasteiger partial charge in [0.15, 0.2) is 5.76 Å². The summed E-state index contributed by atoms with van der Waals surface area (Å²) in [7, 11) is 0. The Morgan fingerprint density at radius 2 is 2.19 bits per heavy atom. The molecule has 0 saturated heterocycles. The summed E-state index contributed by atoms with van der Waals surface area (Å²) >= 11 is 0. The first-order chi connectivity index (χ1) is 9.64. The van der Waals surface area contributed by atoms with Crippen molar-refractivity contribution in [1.29, 1.82) is 0 Å². The summed E-state index contributed by atoms with van der Waals surface area (Å²) in [5, 5.41) is 16.1. The molecule has 1 saturated carbocycles. The molecule has 0 radical (unpaired) electrons. The molecule has 1 aromatic rings. The minimum atomic E-state index is -0.358. The van der Waals surface area contributed by atoms with Crippen molar-refractivity contribution in [3.05, 3.63) is 17.5 Å². The molecule has 5 nitrogen and oxygen atoms in total. The van der Waals surface area contributed by atoms with E-state index >= 15 is 0 Å². The van der Waals surface area contributed by atoms with E-state index in [4.69, 9.17) is 9.63 Å². The van der Waals surface area contributed by atoms with Gasteiger partial charge in [0.1, 0.15) is 6.61 Å². The van der Waals surface area contributed by atoms with Crippen LogP contribution in [-0.2, 0) is 17.8 Å². The van der Waals surface area contributed by atoms with Gasteiger partial charge in [-0.3, -0.25) is 4.79 Å². The molecule has 1 aliphatic rings. The van der Waals surface area contributed by atoms with Gasteiger partial charge in [0.05, 0.1) is 5.69 Å². The Kier molecular flexibility index (Phi) is 4.15. The minimum absolute atomic E-state index is 0.0409. The molecule has 0 bridgehead atoms.